The standard InChI is InChI=1S/C26H33F3N2O3.H2/c1-2-21(32)23(16-8-4-3-5-9-16)30-24(33)19-12-6-11-18(22(19)27)17-10-7-13-31(15-17)25(34)20-14-26(20,28)29;/h6,11-12,16-17,20,23H,2-5,7-10,13-15H2,1H3,(H,30,33);1H/t17?,20-,23+;/m0./s1. The van der Waals surface area contributed by atoms with Crippen LogP contribution in [0.1, 0.15) is 88.0 Å². The molecular formula is C26H35F3N2O3. The van der Waals surface area contributed by atoms with Crippen LogP contribution in [0.15, 0.2) is 18.2 Å². The number of Topliss-reactive ketones (excluding diaryl/α,β-unsaturated/α-hetero) is 1. The molecule has 1 aliphatic heterocycles. The normalized spacial score (nSPS) is 25.5. The van der Waals surface area contributed by atoms with Crippen molar-refractivity contribution < 1.29 is 29.0 Å². The van der Waals surface area contributed by atoms with E-state index in [1.807, 2.05) is 0 Å². The van der Waals surface area contributed by atoms with Crippen molar-refractivity contribution in [1.82, 2.24) is 10.2 Å². The van der Waals surface area contributed by atoms with Crippen molar-refractivity contribution in [2.75, 3.05) is 13.1 Å². The van der Waals surface area contributed by atoms with E-state index in [2.05, 4.69) is 5.32 Å². The highest BCUT2D eigenvalue weighted by Crippen LogP contribution is 2.50. The lowest BCUT2D eigenvalue weighted by Crippen LogP contribution is -2.46. The third-order valence-electron chi connectivity index (χ3n) is 7.67. The van der Waals surface area contributed by atoms with E-state index in [1.54, 1.807) is 19.1 Å². The summed E-state index contributed by atoms with van der Waals surface area (Å²) in [5, 5.41) is 2.81. The summed E-state index contributed by atoms with van der Waals surface area (Å²) in [6, 6.07) is 3.97. The monoisotopic (exact) mass is 480 g/mol. The molecule has 1 heterocycles. The first-order valence-electron chi connectivity index (χ1n) is 12.5. The predicted molar refractivity (Wildman–Crippen MR) is 123 cm³/mol. The average molecular weight is 481 g/mol. The van der Waals surface area contributed by atoms with Gasteiger partial charge in [0, 0.05) is 33.3 Å². The SMILES string of the molecule is CCC(=O)[C@H](NC(=O)c1cccc(C2CCCN(C(=O)[C@@H]3CC3(F)F)C2)c1F)C1CCCCC1.[HH]. The largest absolute Gasteiger partial charge is 0.342 e. The summed E-state index contributed by atoms with van der Waals surface area (Å²) in [6.07, 6.45) is 5.95. The zero-order chi connectivity index (χ0) is 24.5. The van der Waals surface area contributed by atoms with Crippen LogP contribution < -0.4 is 5.32 Å². The molecule has 3 atom stereocenters. The maximum absolute atomic E-state index is 15.5. The number of carbonyl (C=O) groups excluding carboxylic acids is 3. The molecular weight excluding hydrogens is 445 g/mol. The van der Waals surface area contributed by atoms with Crippen molar-refractivity contribution >= 4 is 17.6 Å². The minimum absolute atomic E-state index is 0. The fourth-order valence-electron chi connectivity index (χ4n) is 5.54. The number of piperidine rings is 1. The quantitative estimate of drug-likeness (QED) is 0.591. The van der Waals surface area contributed by atoms with Crippen molar-refractivity contribution in [3.63, 3.8) is 0 Å². The summed E-state index contributed by atoms with van der Waals surface area (Å²) >= 11 is 0. The Balaban J connectivity index is 0.00000342. The number of ketones is 1. The average Bonchev–Trinajstić information content (AvgIpc) is 3.50. The molecule has 2 saturated carbocycles. The predicted octanol–water partition coefficient (Wildman–Crippen LogP) is 5.09. The van der Waals surface area contributed by atoms with Crippen LogP contribution in [0, 0.1) is 17.7 Å². The third kappa shape index (κ3) is 5.15. The second-order valence-electron chi connectivity index (χ2n) is 10.0. The third-order valence-corrected chi connectivity index (χ3v) is 7.67. The van der Waals surface area contributed by atoms with Gasteiger partial charge in [0.05, 0.1) is 11.6 Å². The van der Waals surface area contributed by atoms with Gasteiger partial charge in [0.1, 0.15) is 11.7 Å². The summed E-state index contributed by atoms with van der Waals surface area (Å²) in [5.41, 5.74) is 0.183. The number of rotatable bonds is 7. The molecule has 0 bridgehead atoms. The molecule has 1 saturated heterocycles. The van der Waals surface area contributed by atoms with E-state index in [-0.39, 0.29) is 31.2 Å². The Morgan fingerprint density at radius 2 is 1.85 bits per heavy atom. The van der Waals surface area contributed by atoms with Crippen LogP contribution in [0.2, 0.25) is 0 Å². The van der Waals surface area contributed by atoms with E-state index in [0.717, 1.165) is 32.1 Å². The number of likely N-dealkylation sites (tertiary alicyclic amines) is 1. The van der Waals surface area contributed by atoms with Gasteiger partial charge in [-0.25, -0.2) is 13.2 Å². The van der Waals surface area contributed by atoms with Gasteiger partial charge in [-0.15, -0.1) is 0 Å². The minimum atomic E-state index is -2.93. The fraction of sp³-hybridized carbons (Fsp3) is 0.654. The Morgan fingerprint density at radius 3 is 2.50 bits per heavy atom. The Hall–Kier alpha value is -2.38. The van der Waals surface area contributed by atoms with Crippen molar-refractivity contribution in [3.05, 3.63) is 35.1 Å². The van der Waals surface area contributed by atoms with Gasteiger partial charge in [-0.05, 0) is 43.2 Å². The van der Waals surface area contributed by atoms with Gasteiger partial charge in [-0.2, -0.15) is 0 Å². The summed E-state index contributed by atoms with van der Waals surface area (Å²) in [4.78, 5) is 39.5. The first-order chi connectivity index (χ1) is 16.2. The van der Waals surface area contributed by atoms with E-state index in [1.165, 1.54) is 11.0 Å². The van der Waals surface area contributed by atoms with E-state index < -0.39 is 41.9 Å². The summed E-state index contributed by atoms with van der Waals surface area (Å²) < 4.78 is 42.3. The van der Waals surface area contributed by atoms with Crippen LogP contribution in [0.4, 0.5) is 13.2 Å². The highest BCUT2D eigenvalue weighted by molar-refractivity contribution is 5.98. The van der Waals surface area contributed by atoms with Crippen LogP contribution >= 0.6 is 0 Å². The number of hydrogen-bond donors (Lipinski definition) is 1. The zero-order valence-electron chi connectivity index (χ0n) is 19.6. The summed E-state index contributed by atoms with van der Waals surface area (Å²) in [5.74, 6) is -6.40. The second kappa shape index (κ2) is 10.1. The zero-order valence-corrected chi connectivity index (χ0v) is 19.6. The number of carbonyl (C=O) groups is 3. The number of amides is 2. The number of nitrogens with zero attached hydrogens (tertiary/aromatic N) is 1. The molecule has 4 rings (SSSR count). The Labute approximate surface area is 199 Å². The van der Waals surface area contributed by atoms with E-state index in [0.29, 0.717) is 31.4 Å². The maximum atomic E-state index is 15.5. The molecule has 0 radical (unpaired) electrons. The van der Waals surface area contributed by atoms with Gasteiger partial charge in [-0.1, -0.05) is 38.3 Å². The van der Waals surface area contributed by atoms with Crippen molar-refractivity contribution in [2.45, 2.75) is 82.6 Å². The number of hydrogen-bond acceptors (Lipinski definition) is 3. The Morgan fingerprint density at radius 1 is 1.15 bits per heavy atom. The van der Waals surface area contributed by atoms with Crippen LogP contribution in [-0.2, 0) is 9.59 Å². The highest BCUT2D eigenvalue weighted by atomic mass is 19.3. The molecule has 2 amide bonds. The molecule has 34 heavy (non-hydrogen) atoms. The smallest absolute Gasteiger partial charge is 0.260 e. The van der Waals surface area contributed by atoms with Crippen LogP contribution in [0.5, 0.6) is 0 Å². The summed E-state index contributed by atoms with van der Waals surface area (Å²) in [6.45, 7) is 2.30. The van der Waals surface area contributed by atoms with Gasteiger partial charge in [0.15, 0.2) is 5.78 Å². The molecule has 1 unspecified atom stereocenters. The van der Waals surface area contributed by atoms with Gasteiger partial charge in [-0.3, -0.25) is 14.4 Å². The first kappa shape index (κ1) is 24.7. The highest BCUT2D eigenvalue weighted by Gasteiger charge is 2.62. The molecule has 3 fully saturated rings. The van der Waals surface area contributed by atoms with Gasteiger partial charge in [0.2, 0.25) is 5.91 Å². The number of halogens is 3. The van der Waals surface area contributed by atoms with Crippen LogP contribution in [0.25, 0.3) is 0 Å². The van der Waals surface area contributed by atoms with Gasteiger partial charge in [0.25, 0.3) is 11.8 Å². The molecule has 8 heteroatoms. The molecule has 3 aliphatic rings. The molecule has 188 valence electrons. The van der Waals surface area contributed by atoms with Crippen molar-refractivity contribution in [2.24, 2.45) is 11.8 Å². The minimum Gasteiger partial charge on any atom is -0.342 e. The fourth-order valence-corrected chi connectivity index (χ4v) is 5.54. The lowest BCUT2D eigenvalue weighted by atomic mass is 9.81. The maximum Gasteiger partial charge on any atom is 0.260 e. The molecule has 1 aromatic rings. The van der Waals surface area contributed by atoms with E-state index >= 15 is 4.39 Å². The molecule has 2 aliphatic carbocycles. The van der Waals surface area contributed by atoms with Crippen molar-refractivity contribution in [3.8, 4) is 0 Å². The molecule has 1 aromatic carbocycles. The molecule has 0 spiro atoms. The van der Waals surface area contributed by atoms with Gasteiger partial charge < -0.3 is 10.2 Å². The lowest BCUT2D eigenvalue weighted by molar-refractivity contribution is -0.136. The number of alkyl halides is 2. The topological polar surface area (TPSA) is 66.5 Å². The van der Waals surface area contributed by atoms with Gasteiger partial charge >= 0.3 is 0 Å². The lowest BCUT2D eigenvalue weighted by Gasteiger charge is -2.33. The summed E-state index contributed by atoms with van der Waals surface area (Å²) in [7, 11) is 0. The number of nitrogens with one attached hydrogen (secondary N) is 1. The Bertz CT molecular complexity index is 952. The number of benzene rings is 1. The second-order valence-corrected chi connectivity index (χ2v) is 10.0. The van der Waals surface area contributed by atoms with Crippen LogP contribution in [0.3, 0.4) is 0 Å². The first-order valence-corrected chi connectivity index (χ1v) is 12.5. The molecule has 5 nitrogen and oxygen atoms in total. The van der Waals surface area contributed by atoms with Crippen molar-refractivity contribution in [1.29, 1.82) is 0 Å². The van der Waals surface area contributed by atoms with Crippen LogP contribution in [-0.4, -0.2) is 47.6 Å². The molecule has 1 N–H and O–H groups in total. The van der Waals surface area contributed by atoms with E-state index in [4.69, 9.17) is 0 Å². The molecule has 0 aromatic heterocycles. The Kier molecular flexibility index (Phi) is 7.33. The van der Waals surface area contributed by atoms with E-state index in [9.17, 15) is 23.2 Å².